The maximum atomic E-state index is 13.6. The molecule has 2 aromatic carbocycles. The molecule has 1 spiro atoms. The van der Waals surface area contributed by atoms with Crippen molar-refractivity contribution in [2.75, 3.05) is 33.2 Å². The van der Waals surface area contributed by atoms with Crippen molar-refractivity contribution in [1.82, 2.24) is 14.7 Å². The van der Waals surface area contributed by atoms with Crippen molar-refractivity contribution in [2.24, 2.45) is 0 Å². The molecular weight excluding hydrogens is 405 g/mol. The molecule has 2 amide bonds. The van der Waals surface area contributed by atoms with Crippen LogP contribution in [0.2, 0.25) is 0 Å². The number of likely N-dealkylation sites (tertiary alicyclic amines) is 2. The number of rotatable bonds is 3. The van der Waals surface area contributed by atoms with Gasteiger partial charge < -0.3 is 9.80 Å². The van der Waals surface area contributed by atoms with E-state index in [0.29, 0.717) is 26.1 Å². The van der Waals surface area contributed by atoms with Crippen LogP contribution in [0.5, 0.6) is 0 Å². The molecule has 0 aliphatic carbocycles. The lowest BCUT2D eigenvalue weighted by atomic mass is 9.75. The van der Waals surface area contributed by atoms with Crippen molar-refractivity contribution < 1.29 is 14.0 Å². The minimum Gasteiger partial charge on any atom is -0.338 e. The lowest BCUT2D eigenvalue weighted by Gasteiger charge is -2.46. The van der Waals surface area contributed by atoms with Gasteiger partial charge in [-0.05, 0) is 48.1 Å². The van der Waals surface area contributed by atoms with Gasteiger partial charge in [0, 0.05) is 45.6 Å². The SMILES string of the molecule is CN1C(=O)CCC[C@]12CN(C(=O)CN1CCc3ccccc3C1)C[C@H]2c1ccc(F)cc1. The van der Waals surface area contributed by atoms with Crippen molar-refractivity contribution in [3.05, 3.63) is 71.0 Å². The molecule has 2 saturated heterocycles. The van der Waals surface area contributed by atoms with Crippen LogP contribution in [0.15, 0.2) is 48.5 Å². The molecule has 5 rings (SSSR count). The Balaban J connectivity index is 1.36. The van der Waals surface area contributed by atoms with Gasteiger partial charge in [-0.15, -0.1) is 0 Å². The van der Waals surface area contributed by atoms with Crippen LogP contribution in [0.3, 0.4) is 0 Å². The summed E-state index contributed by atoms with van der Waals surface area (Å²) in [6.07, 6.45) is 3.20. The summed E-state index contributed by atoms with van der Waals surface area (Å²) >= 11 is 0. The van der Waals surface area contributed by atoms with Gasteiger partial charge in [-0.2, -0.15) is 0 Å². The zero-order valence-electron chi connectivity index (χ0n) is 18.6. The second-order valence-electron chi connectivity index (χ2n) is 9.52. The molecule has 0 radical (unpaired) electrons. The normalized spacial score (nSPS) is 25.9. The summed E-state index contributed by atoms with van der Waals surface area (Å²) < 4.78 is 13.6. The molecule has 0 bridgehead atoms. The van der Waals surface area contributed by atoms with Crippen molar-refractivity contribution in [1.29, 1.82) is 0 Å². The number of carbonyl (C=O) groups excluding carboxylic acids is 2. The van der Waals surface area contributed by atoms with Gasteiger partial charge in [0.05, 0.1) is 12.1 Å². The molecule has 5 nitrogen and oxygen atoms in total. The van der Waals surface area contributed by atoms with Crippen molar-refractivity contribution in [3.63, 3.8) is 0 Å². The fourth-order valence-electron chi connectivity index (χ4n) is 5.90. The molecule has 3 aliphatic rings. The minimum atomic E-state index is -0.419. The van der Waals surface area contributed by atoms with Crippen LogP contribution >= 0.6 is 0 Å². The predicted octanol–water partition coefficient (Wildman–Crippen LogP) is 3.19. The van der Waals surface area contributed by atoms with E-state index in [1.54, 1.807) is 0 Å². The Bertz CT molecular complexity index is 1020. The Kier molecular flexibility index (Phi) is 5.49. The molecule has 6 heteroatoms. The molecule has 2 atom stereocenters. The third kappa shape index (κ3) is 3.71. The highest BCUT2D eigenvalue weighted by atomic mass is 19.1. The number of benzene rings is 2. The second kappa shape index (κ2) is 8.32. The lowest BCUT2D eigenvalue weighted by Crippen LogP contribution is -2.57. The summed E-state index contributed by atoms with van der Waals surface area (Å²) in [5.41, 5.74) is 3.24. The fraction of sp³-hybridized carbons (Fsp3) is 0.462. The maximum Gasteiger partial charge on any atom is 0.236 e. The zero-order chi connectivity index (χ0) is 22.3. The number of nitrogens with zero attached hydrogens (tertiary/aromatic N) is 3. The molecule has 0 saturated carbocycles. The quantitative estimate of drug-likeness (QED) is 0.744. The first-order valence-corrected chi connectivity index (χ1v) is 11.6. The number of carbonyl (C=O) groups is 2. The van der Waals surface area contributed by atoms with Crippen LogP contribution in [0.25, 0.3) is 0 Å². The maximum absolute atomic E-state index is 13.6. The number of likely N-dealkylation sites (N-methyl/N-ethyl adjacent to an activating group) is 1. The molecule has 3 aliphatic heterocycles. The second-order valence-corrected chi connectivity index (χ2v) is 9.52. The first-order valence-electron chi connectivity index (χ1n) is 11.6. The predicted molar refractivity (Wildman–Crippen MR) is 120 cm³/mol. The largest absolute Gasteiger partial charge is 0.338 e. The number of piperidine rings is 1. The Labute approximate surface area is 188 Å². The average Bonchev–Trinajstić information content (AvgIpc) is 3.18. The van der Waals surface area contributed by atoms with E-state index in [9.17, 15) is 14.0 Å². The van der Waals surface area contributed by atoms with E-state index in [-0.39, 0.29) is 23.5 Å². The van der Waals surface area contributed by atoms with E-state index in [4.69, 9.17) is 0 Å². The zero-order valence-corrected chi connectivity index (χ0v) is 18.6. The van der Waals surface area contributed by atoms with Gasteiger partial charge >= 0.3 is 0 Å². The van der Waals surface area contributed by atoms with E-state index >= 15 is 0 Å². The highest BCUT2D eigenvalue weighted by Gasteiger charge is 2.53. The average molecular weight is 436 g/mol. The van der Waals surface area contributed by atoms with E-state index in [2.05, 4.69) is 29.2 Å². The van der Waals surface area contributed by atoms with Gasteiger partial charge in [0.2, 0.25) is 11.8 Å². The van der Waals surface area contributed by atoms with Crippen LogP contribution in [0, 0.1) is 5.82 Å². The highest BCUT2D eigenvalue weighted by Crippen LogP contribution is 2.45. The number of hydrogen-bond acceptors (Lipinski definition) is 3. The van der Waals surface area contributed by atoms with Crippen LogP contribution in [0.1, 0.15) is 41.9 Å². The van der Waals surface area contributed by atoms with E-state index < -0.39 is 5.54 Å². The minimum absolute atomic E-state index is 0.0108. The summed E-state index contributed by atoms with van der Waals surface area (Å²) in [4.78, 5) is 32.1. The topological polar surface area (TPSA) is 43.9 Å². The molecule has 3 heterocycles. The van der Waals surface area contributed by atoms with Gasteiger partial charge in [0.1, 0.15) is 5.82 Å². The van der Waals surface area contributed by atoms with Gasteiger partial charge in [-0.1, -0.05) is 36.4 Å². The Morgan fingerprint density at radius 2 is 1.84 bits per heavy atom. The van der Waals surface area contributed by atoms with Crippen molar-refractivity contribution in [3.8, 4) is 0 Å². The molecular formula is C26H30FN3O2. The number of halogens is 1. The standard InChI is InChI=1S/C26H30FN3O2/c1-28-24(31)7-4-13-26(28)18-30(16-23(26)20-8-10-22(27)11-9-20)25(32)17-29-14-12-19-5-2-3-6-21(19)15-29/h2-3,5-6,8-11,23H,4,7,12-18H2,1H3/t23-,26+/m0/s1. The van der Waals surface area contributed by atoms with Gasteiger partial charge in [0.25, 0.3) is 0 Å². The first-order chi connectivity index (χ1) is 15.5. The van der Waals surface area contributed by atoms with E-state index in [0.717, 1.165) is 37.9 Å². The lowest BCUT2D eigenvalue weighted by molar-refractivity contribution is -0.141. The summed E-state index contributed by atoms with van der Waals surface area (Å²) in [5, 5.41) is 0. The van der Waals surface area contributed by atoms with Gasteiger partial charge in [0.15, 0.2) is 0 Å². The van der Waals surface area contributed by atoms with E-state index in [1.165, 1.54) is 23.3 Å². The van der Waals surface area contributed by atoms with Crippen molar-refractivity contribution in [2.45, 2.75) is 43.7 Å². The van der Waals surface area contributed by atoms with Crippen LogP contribution in [-0.4, -0.2) is 65.3 Å². The molecule has 0 aromatic heterocycles. The van der Waals surface area contributed by atoms with Gasteiger partial charge in [-0.3, -0.25) is 14.5 Å². The Morgan fingerprint density at radius 1 is 1.09 bits per heavy atom. The molecule has 168 valence electrons. The number of fused-ring (bicyclic) bond motifs is 1. The third-order valence-electron chi connectivity index (χ3n) is 7.75. The van der Waals surface area contributed by atoms with Crippen LogP contribution in [0.4, 0.5) is 4.39 Å². The van der Waals surface area contributed by atoms with Crippen molar-refractivity contribution >= 4 is 11.8 Å². The van der Waals surface area contributed by atoms with Crippen LogP contribution in [-0.2, 0) is 22.6 Å². The monoisotopic (exact) mass is 435 g/mol. The first kappa shape index (κ1) is 21.1. The summed E-state index contributed by atoms with van der Waals surface area (Å²) in [7, 11) is 1.87. The third-order valence-corrected chi connectivity index (χ3v) is 7.75. The molecule has 0 unspecified atom stereocenters. The van der Waals surface area contributed by atoms with Crippen LogP contribution < -0.4 is 0 Å². The van der Waals surface area contributed by atoms with E-state index in [1.807, 2.05) is 29.0 Å². The summed E-state index contributed by atoms with van der Waals surface area (Å²) in [6.45, 7) is 3.16. The summed E-state index contributed by atoms with van der Waals surface area (Å²) in [6, 6.07) is 15.0. The number of hydrogen-bond donors (Lipinski definition) is 0. The number of amides is 2. The molecule has 0 N–H and O–H groups in total. The Hall–Kier alpha value is -2.73. The molecule has 32 heavy (non-hydrogen) atoms. The van der Waals surface area contributed by atoms with Gasteiger partial charge in [-0.25, -0.2) is 4.39 Å². The smallest absolute Gasteiger partial charge is 0.236 e. The molecule has 2 fully saturated rings. The summed E-state index contributed by atoms with van der Waals surface area (Å²) in [5.74, 6) is -0.0411. The Morgan fingerprint density at radius 3 is 2.62 bits per heavy atom. The molecule has 2 aromatic rings. The highest BCUT2D eigenvalue weighted by molar-refractivity contribution is 5.81. The fourth-order valence-corrected chi connectivity index (χ4v) is 5.90.